The normalized spacial score (nSPS) is 10.9. The van der Waals surface area contributed by atoms with Crippen LogP contribution in [0.25, 0.3) is 11.3 Å². The molecule has 1 aromatic heterocycles. The van der Waals surface area contributed by atoms with E-state index in [1.54, 1.807) is 16.8 Å². The maximum atomic E-state index is 13.9. The van der Waals surface area contributed by atoms with Crippen molar-refractivity contribution in [2.75, 3.05) is 0 Å². The van der Waals surface area contributed by atoms with Crippen molar-refractivity contribution in [2.24, 2.45) is 5.73 Å². The van der Waals surface area contributed by atoms with E-state index in [0.29, 0.717) is 17.0 Å². The molecular weight excluding hydrogens is 243 g/mol. The van der Waals surface area contributed by atoms with Crippen LogP contribution in [-0.2, 0) is 13.1 Å². The summed E-state index contributed by atoms with van der Waals surface area (Å²) in [5, 5.41) is 8.15. The zero-order valence-electron chi connectivity index (χ0n) is 11.1. The number of rotatable bonds is 6. The summed E-state index contributed by atoms with van der Waals surface area (Å²) < 4.78 is 15.7. The molecule has 1 aromatic carbocycles. The fourth-order valence-electron chi connectivity index (χ4n) is 2.10. The zero-order valence-corrected chi connectivity index (χ0v) is 11.1. The van der Waals surface area contributed by atoms with Gasteiger partial charge in [-0.25, -0.2) is 9.07 Å². The standard InChI is InChI=1S/C14H19FN4/c1-2-3-6-9-19-14(13(10-16)17-18-19)11-7-4-5-8-12(11)15/h4-5,7-8H,2-3,6,9-10,16H2,1H3. The van der Waals surface area contributed by atoms with Gasteiger partial charge in [-0.05, 0) is 18.6 Å². The summed E-state index contributed by atoms with van der Waals surface area (Å²) in [6.45, 7) is 3.15. The van der Waals surface area contributed by atoms with E-state index in [2.05, 4.69) is 17.2 Å². The molecule has 0 fully saturated rings. The van der Waals surface area contributed by atoms with Gasteiger partial charge in [-0.2, -0.15) is 0 Å². The number of aryl methyl sites for hydroxylation is 1. The average Bonchev–Trinajstić information content (AvgIpc) is 2.82. The van der Waals surface area contributed by atoms with Crippen molar-refractivity contribution in [1.29, 1.82) is 0 Å². The number of aromatic nitrogens is 3. The topological polar surface area (TPSA) is 56.7 Å². The Balaban J connectivity index is 2.36. The second-order valence-electron chi connectivity index (χ2n) is 4.50. The van der Waals surface area contributed by atoms with E-state index in [-0.39, 0.29) is 12.4 Å². The van der Waals surface area contributed by atoms with Crippen molar-refractivity contribution in [2.45, 2.75) is 39.3 Å². The van der Waals surface area contributed by atoms with Gasteiger partial charge in [0.15, 0.2) is 0 Å². The molecule has 102 valence electrons. The first kappa shape index (κ1) is 13.7. The van der Waals surface area contributed by atoms with E-state index in [1.165, 1.54) is 6.07 Å². The molecule has 0 radical (unpaired) electrons. The van der Waals surface area contributed by atoms with Gasteiger partial charge in [0, 0.05) is 18.7 Å². The molecule has 4 nitrogen and oxygen atoms in total. The second-order valence-corrected chi connectivity index (χ2v) is 4.50. The van der Waals surface area contributed by atoms with Crippen molar-refractivity contribution in [3.63, 3.8) is 0 Å². The Bertz CT molecular complexity index is 536. The monoisotopic (exact) mass is 262 g/mol. The van der Waals surface area contributed by atoms with Gasteiger partial charge < -0.3 is 5.73 Å². The first-order valence-corrected chi connectivity index (χ1v) is 6.65. The highest BCUT2D eigenvalue weighted by Crippen LogP contribution is 2.25. The van der Waals surface area contributed by atoms with Gasteiger partial charge >= 0.3 is 0 Å². The lowest BCUT2D eigenvalue weighted by molar-refractivity contribution is 0.539. The third-order valence-electron chi connectivity index (χ3n) is 3.10. The zero-order chi connectivity index (χ0) is 13.7. The number of nitrogens with two attached hydrogens (primary N) is 1. The van der Waals surface area contributed by atoms with Crippen molar-refractivity contribution in [1.82, 2.24) is 15.0 Å². The maximum absolute atomic E-state index is 13.9. The Morgan fingerprint density at radius 3 is 2.74 bits per heavy atom. The highest BCUT2D eigenvalue weighted by Gasteiger charge is 2.16. The number of hydrogen-bond acceptors (Lipinski definition) is 3. The van der Waals surface area contributed by atoms with Gasteiger partial charge in [0.2, 0.25) is 0 Å². The van der Waals surface area contributed by atoms with Crippen LogP contribution in [0.3, 0.4) is 0 Å². The lowest BCUT2D eigenvalue weighted by Gasteiger charge is -2.08. The van der Waals surface area contributed by atoms with Crippen LogP contribution in [0.4, 0.5) is 4.39 Å². The van der Waals surface area contributed by atoms with Gasteiger partial charge in [-0.1, -0.05) is 37.1 Å². The highest BCUT2D eigenvalue weighted by atomic mass is 19.1. The summed E-state index contributed by atoms with van der Waals surface area (Å²) in [6, 6.07) is 6.66. The molecule has 0 saturated carbocycles. The fraction of sp³-hybridized carbons (Fsp3) is 0.429. The Labute approximate surface area is 112 Å². The molecule has 0 spiro atoms. The molecule has 1 heterocycles. The Morgan fingerprint density at radius 2 is 2.05 bits per heavy atom. The molecule has 2 aromatic rings. The largest absolute Gasteiger partial charge is 0.325 e. The van der Waals surface area contributed by atoms with Crippen LogP contribution in [0.2, 0.25) is 0 Å². The van der Waals surface area contributed by atoms with Gasteiger partial charge in [-0.15, -0.1) is 5.10 Å². The minimum atomic E-state index is -0.267. The molecule has 0 atom stereocenters. The summed E-state index contributed by atoms with van der Waals surface area (Å²) >= 11 is 0. The van der Waals surface area contributed by atoms with E-state index in [9.17, 15) is 4.39 Å². The molecule has 0 aliphatic rings. The van der Waals surface area contributed by atoms with Crippen LogP contribution in [0.15, 0.2) is 24.3 Å². The molecule has 2 N–H and O–H groups in total. The predicted molar refractivity (Wildman–Crippen MR) is 72.8 cm³/mol. The first-order chi connectivity index (χ1) is 9.27. The van der Waals surface area contributed by atoms with E-state index in [1.807, 2.05) is 6.07 Å². The van der Waals surface area contributed by atoms with Crippen molar-refractivity contribution in [3.05, 3.63) is 35.8 Å². The van der Waals surface area contributed by atoms with Crippen molar-refractivity contribution < 1.29 is 4.39 Å². The summed E-state index contributed by atoms with van der Waals surface area (Å²) in [5.74, 6) is -0.267. The molecule has 0 amide bonds. The number of benzene rings is 1. The third kappa shape index (κ3) is 2.98. The van der Waals surface area contributed by atoms with Gasteiger partial charge in [0.25, 0.3) is 0 Å². The van der Waals surface area contributed by atoms with Crippen molar-refractivity contribution in [3.8, 4) is 11.3 Å². The lowest BCUT2D eigenvalue weighted by Crippen LogP contribution is -2.05. The molecule has 19 heavy (non-hydrogen) atoms. The summed E-state index contributed by atoms with van der Waals surface area (Å²) in [5.41, 5.74) is 7.53. The first-order valence-electron chi connectivity index (χ1n) is 6.65. The third-order valence-corrected chi connectivity index (χ3v) is 3.10. The lowest BCUT2D eigenvalue weighted by atomic mass is 10.1. The summed E-state index contributed by atoms with van der Waals surface area (Å²) in [4.78, 5) is 0. The summed E-state index contributed by atoms with van der Waals surface area (Å²) in [6.07, 6.45) is 3.26. The average molecular weight is 262 g/mol. The Kier molecular flexibility index (Phi) is 4.63. The number of hydrogen-bond donors (Lipinski definition) is 1. The second kappa shape index (κ2) is 6.43. The molecule has 0 unspecified atom stereocenters. The molecule has 0 bridgehead atoms. The fourth-order valence-corrected chi connectivity index (χ4v) is 2.10. The van der Waals surface area contributed by atoms with Gasteiger partial charge in [-0.3, -0.25) is 0 Å². The molecule has 0 aliphatic carbocycles. The van der Waals surface area contributed by atoms with Crippen LogP contribution in [-0.4, -0.2) is 15.0 Å². The molecule has 0 saturated heterocycles. The molecule has 5 heteroatoms. The molecule has 0 aliphatic heterocycles. The summed E-state index contributed by atoms with van der Waals surface area (Å²) in [7, 11) is 0. The minimum Gasteiger partial charge on any atom is -0.325 e. The molecule has 2 rings (SSSR count). The van der Waals surface area contributed by atoms with E-state index >= 15 is 0 Å². The van der Waals surface area contributed by atoms with E-state index < -0.39 is 0 Å². The van der Waals surface area contributed by atoms with E-state index in [0.717, 1.165) is 25.8 Å². The van der Waals surface area contributed by atoms with Gasteiger partial charge in [0.1, 0.15) is 11.5 Å². The SMILES string of the molecule is CCCCCn1nnc(CN)c1-c1ccccc1F. The maximum Gasteiger partial charge on any atom is 0.132 e. The quantitative estimate of drug-likeness (QED) is 0.814. The van der Waals surface area contributed by atoms with Crippen LogP contribution in [0.1, 0.15) is 31.9 Å². The highest BCUT2D eigenvalue weighted by molar-refractivity contribution is 5.62. The number of nitrogens with zero attached hydrogens (tertiary/aromatic N) is 3. The van der Waals surface area contributed by atoms with Crippen LogP contribution < -0.4 is 5.73 Å². The number of halogens is 1. The van der Waals surface area contributed by atoms with Crippen LogP contribution in [0.5, 0.6) is 0 Å². The predicted octanol–water partition coefficient (Wildman–Crippen LogP) is 2.73. The van der Waals surface area contributed by atoms with Crippen LogP contribution >= 0.6 is 0 Å². The minimum absolute atomic E-state index is 0.261. The Hall–Kier alpha value is -1.75. The van der Waals surface area contributed by atoms with Crippen LogP contribution in [0, 0.1) is 5.82 Å². The number of unbranched alkanes of at least 4 members (excludes halogenated alkanes) is 2. The van der Waals surface area contributed by atoms with Crippen molar-refractivity contribution >= 4 is 0 Å². The Morgan fingerprint density at radius 1 is 1.26 bits per heavy atom. The smallest absolute Gasteiger partial charge is 0.132 e. The molecular formula is C14H19FN4. The van der Waals surface area contributed by atoms with E-state index in [4.69, 9.17) is 5.73 Å². The van der Waals surface area contributed by atoms with Gasteiger partial charge in [0.05, 0.1) is 5.69 Å².